The highest BCUT2D eigenvalue weighted by molar-refractivity contribution is 9.10. The van der Waals surface area contributed by atoms with Crippen molar-refractivity contribution in [1.82, 2.24) is 14.8 Å². The number of benzene rings is 3. The van der Waals surface area contributed by atoms with E-state index in [1.165, 1.54) is 4.68 Å². The topological polar surface area (TPSA) is 47.8 Å². The van der Waals surface area contributed by atoms with Crippen LogP contribution in [0.15, 0.2) is 83.3 Å². The largest absolute Gasteiger partial charge is 0.280 e. The van der Waals surface area contributed by atoms with Gasteiger partial charge >= 0.3 is 0 Å². The fraction of sp³-hybridized carbons (Fsp3) is 0.0417. The molecule has 0 bridgehead atoms. The van der Waals surface area contributed by atoms with E-state index in [1.54, 1.807) is 12.1 Å². The number of halogens is 1. The normalized spacial score (nSPS) is 11.2. The van der Waals surface area contributed by atoms with Crippen LogP contribution in [0.4, 0.5) is 0 Å². The van der Waals surface area contributed by atoms with Gasteiger partial charge in [-0.15, -0.1) is 0 Å². The average molecular weight is 442 g/mol. The van der Waals surface area contributed by atoms with Crippen LogP contribution in [0.3, 0.4) is 0 Å². The number of carbonyl (C=O) groups is 1. The van der Waals surface area contributed by atoms with Gasteiger partial charge in [0, 0.05) is 21.0 Å². The Labute approximate surface area is 175 Å². The van der Waals surface area contributed by atoms with Gasteiger partial charge in [0.1, 0.15) is 0 Å². The van der Waals surface area contributed by atoms with Gasteiger partial charge < -0.3 is 0 Å². The van der Waals surface area contributed by atoms with Crippen molar-refractivity contribution in [2.24, 2.45) is 0 Å². The fourth-order valence-corrected chi connectivity index (χ4v) is 4.08. The summed E-state index contributed by atoms with van der Waals surface area (Å²) in [5, 5.41) is 6.51. The van der Waals surface area contributed by atoms with Crippen LogP contribution < -0.4 is 0 Å². The van der Waals surface area contributed by atoms with Gasteiger partial charge in [-0.05, 0) is 42.8 Å². The molecule has 29 heavy (non-hydrogen) atoms. The van der Waals surface area contributed by atoms with Crippen LogP contribution in [-0.2, 0) is 0 Å². The van der Waals surface area contributed by atoms with Gasteiger partial charge in [0.05, 0.1) is 16.6 Å². The van der Waals surface area contributed by atoms with Gasteiger partial charge in [-0.2, -0.15) is 9.78 Å². The zero-order valence-corrected chi connectivity index (χ0v) is 17.2. The van der Waals surface area contributed by atoms with E-state index < -0.39 is 0 Å². The molecule has 0 N–H and O–H groups in total. The number of hydrogen-bond acceptors (Lipinski definition) is 3. The van der Waals surface area contributed by atoms with E-state index in [-0.39, 0.29) is 5.91 Å². The van der Waals surface area contributed by atoms with Crippen molar-refractivity contribution in [2.75, 3.05) is 0 Å². The van der Waals surface area contributed by atoms with Gasteiger partial charge in [0.2, 0.25) is 0 Å². The molecule has 5 aromatic rings. The first-order valence-electron chi connectivity index (χ1n) is 9.27. The van der Waals surface area contributed by atoms with Crippen molar-refractivity contribution in [3.05, 3.63) is 94.6 Å². The van der Waals surface area contributed by atoms with Crippen LogP contribution in [0, 0.1) is 6.92 Å². The second-order valence-electron chi connectivity index (χ2n) is 6.88. The molecule has 5 heteroatoms. The van der Waals surface area contributed by atoms with Crippen LogP contribution in [0.2, 0.25) is 0 Å². The van der Waals surface area contributed by atoms with Crippen molar-refractivity contribution in [1.29, 1.82) is 0 Å². The van der Waals surface area contributed by atoms with Crippen molar-refractivity contribution >= 4 is 43.8 Å². The number of aryl methyl sites for hydroxylation is 1. The number of fused-ring (bicyclic) bond motifs is 2. The molecule has 0 aliphatic heterocycles. The zero-order chi connectivity index (χ0) is 20.0. The summed E-state index contributed by atoms with van der Waals surface area (Å²) in [5.41, 5.74) is 4.86. The lowest BCUT2D eigenvalue weighted by atomic mass is 9.97. The highest BCUT2D eigenvalue weighted by Crippen LogP contribution is 2.37. The van der Waals surface area contributed by atoms with E-state index in [4.69, 9.17) is 4.98 Å². The molecule has 0 spiro atoms. The second kappa shape index (κ2) is 6.94. The van der Waals surface area contributed by atoms with E-state index in [9.17, 15) is 4.79 Å². The van der Waals surface area contributed by atoms with E-state index in [0.717, 1.165) is 37.6 Å². The molecule has 0 saturated carbocycles. The molecule has 0 unspecified atom stereocenters. The summed E-state index contributed by atoms with van der Waals surface area (Å²) >= 11 is 3.58. The van der Waals surface area contributed by atoms with Crippen molar-refractivity contribution in [3.8, 4) is 11.1 Å². The third kappa shape index (κ3) is 2.95. The third-order valence-corrected chi connectivity index (χ3v) is 5.51. The maximum atomic E-state index is 13.2. The van der Waals surface area contributed by atoms with E-state index in [0.29, 0.717) is 11.2 Å². The quantitative estimate of drug-likeness (QED) is 0.336. The maximum absolute atomic E-state index is 13.2. The molecule has 5 rings (SSSR count). The first-order valence-corrected chi connectivity index (χ1v) is 10.1. The maximum Gasteiger partial charge on any atom is 0.280 e. The molecule has 0 aliphatic carbocycles. The van der Waals surface area contributed by atoms with Gasteiger partial charge in [-0.3, -0.25) is 4.79 Å². The minimum absolute atomic E-state index is 0.188. The number of pyridine rings is 1. The average Bonchev–Trinajstić information content (AvgIpc) is 3.09. The lowest BCUT2D eigenvalue weighted by Gasteiger charge is -2.10. The zero-order valence-electron chi connectivity index (χ0n) is 15.6. The highest BCUT2D eigenvalue weighted by atomic mass is 79.9. The number of hydrogen-bond donors (Lipinski definition) is 0. The summed E-state index contributed by atoms with van der Waals surface area (Å²) in [5.74, 6) is -0.188. The Hall–Kier alpha value is -3.31. The summed E-state index contributed by atoms with van der Waals surface area (Å²) in [4.78, 5) is 18.0. The minimum atomic E-state index is -0.188. The molecule has 3 aromatic carbocycles. The molecular weight excluding hydrogens is 426 g/mol. The lowest BCUT2D eigenvalue weighted by molar-refractivity contribution is 0.0949. The van der Waals surface area contributed by atoms with Gasteiger partial charge in [-0.1, -0.05) is 64.5 Å². The summed E-state index contributed by atoms with van der Waals surface area (Å²) < 4.78 is 2.40. The fourth-order valence-electron chi connectivity index (χ4n) is 3.72. The van der Waals surface area contributed by atoms with Gasteiger partial charge in [-0.25, -0.2) is 4.98 Å². The summed E-state index contributed by atoms with van der Waals surface area (Å²) in [6.45, 7) is 1.93. The minimum Gasteiger partial charge on any atom is -0.267 e. The summed E-state index contributed by atoms with van der Waals surface area (Å²) in [6, 6.07) is 25.3. The first-order chi connectivity index (χ1) is 14.1. The SMILES string of the molecule is Cc1nn(C(=O)c2ccccc2)c2nc3ccc(Br)cc3c(-c3ccccc3)c12. The Morgan fingerprint density at radius 1 is 0.931 bits per heavy atom. The van der Waals surface area contributed by atoms with Crippen LogP contribution in [0.5, 0.6) is 0 Å². The second-order valence-corrected chi connectivity index (χ2v) is 7.80. The molecule has 0 aliphatic rings. The van der Waals surface area contributed by atoms with Crippen LogP contribution in [0.1, 0.15) is 16.1 Å². The number of carbonyl (C=O) groups excluding carboxylic acids is 1. The Kier molecular flexibility index (Phi) is 4.25. The molecule has 0 fully saturated rings. The molecule has 0 atom stereocenters. The molecule has 4 nitrogen and oxygen atoms in total. The number of rotatable bonds is 2. The molecule has 2 aromatic heterocycles. The Morgan fingerprint density at radius 3 is 2.34 bits per heavy atom. The third-order valence-electron chi connectivity index (χ3n) is 5.02. The Balaban J connectivity index is 1.89. The molecule has 140 valence electrons. The first kappa shape index (κ1) is 17.8. The molecular formula is C24H16BrN3O. The number of nitrogens with zero attached hydrogens (tertiary/aromatic N) is 3. The predicted octanol–water partition coefficient (Wildman–Crippen LogP) is 6.01. The monoisotopic (exact) mass is 441 g/mol. The Bertz CT molecular complexity index is 1380. The molecule has 2 heterocycles. The van der Waals surface area contributed by atoms with E-state index in [1.807, 2.05) is 55.5 Å². The van der Waals surface area contributed by atoms with Crippen molar-refractivity contribution in [2.45, 2.75) is 6.92 Å². The van der Waals surface area contributed by atoms with Crippen molar-refractivity contribution < 1.29 is 4.79 Å². The molecule has 0 saturated heterocycles. The van der Waals surface area contributed by atoms with E-state index in [2.05, 4.69) is 39.2 Å². The van der Waals surface area contributed by atoms with Crippen LogP contribution in [-0.4, -0.2) is 20.7 Å². The predicted molar refractivity (Wildman–Crippen MR) is 119 cm³/mol. The molecule has 0 amide bonds. The van der Waals surface area contributed by atoms with Gasteiger partial charge in [0.25, 0.3) is 5.91 Å². The van der Waals surface area contributed by atoms with E-state index >= 15 is 0 Å². The molecule has 0 radical (unpaired) electrons. The van der Waals surface area contributed by atoms with Crippen LogP contribution in [0.25, 0.3) is 33.1 Å². The van der Waals surface area contributed by atoms with Gasteiger partial charge in [0.15, 0.2) is 5.65 Å². The summed E-state index contributed by atoms with van der Waals surface area (Å²) in [6.07, 6.45) is 0. The smallest absolute Gasteiger partial charge is 0.267 e. The standard InChI is InChI=1S/C24H16BrN3O/c1-15-21-22(16-8-4-2-5-9-16)19-14-18(25)12-13-20(19)26-23(21)28(27-15)24(29)17-10-6-3-7-11-17/h2-14H,1H3. The highest BCUT2D eigenvalue weighted by Gasteiger charge is 2.22. The van der Waals surface area contributed by atoms with Crippen molar-refractivity contribution in [3.63, 3.8) is 0 Å². The Morgan fingerprint density at radius 2 is 1.62 bits per heavy atom. The number of aromatic nitrogens is 3. The lowest BCUT2D eigenvalue weighted by Crippen LogP contribution is -2.14. The van der Waals surface area contributed by atoms with Crippen LogP contribution >= 0.6 is 15.9 Å². The summed E-state index contributed by atoms with van der Waals surface area (Å²) in [7, 11) is 0.